The van der Waals surface area contributed by atoms with Crippen LogP contribution in [0.4, 0.5) is 11.6 Å². The molecule has 0 amide bonds. The van der Waals surface area contributed by atoms with Gasteiger partial charge in [-0.25, -0.2) is 9.97 Å². The number of hydrogen-bond donors (Lipinski definition) is 5. The van der Waals surface area contributed by atoms with Gasteiger partial charge in [-0.3, -0.25) is 5.41 Å². The van der Waals surface area contributed by atoms with Crippen LogP contribution < -0.4 is 11.1 Å². The maximum absolute atomic E-state index is 9.67. The molecule has 0 bridgehead atoms. The summed E-state index contributed by atoms with van der Waals surface area (Å²) in [5.41, 5.74) is 8.31. The van der Waals surface area contributed by atoms with Crippen molar-refractivity contribution in [3.63, 3.8) is 0 Å². The molecular formula is C20H24N6O. The summed E-state index contributed by atoms with van der Waals surface area (Å²) in [6.45, 7) is 2.29. The van der Waals surface area contributed by atoms with E-state index in [-0.39, 0.29) is 17.3 Å². The van der Waals surface area contributed by atoms with Crippen molar-refractivity contribution in [3.05, 3.63) is 41.9 Å². The number of aromatic nitrogens is 3. The fraction of sp³-hybridized carbons (Fsp3) is 0.350. The van der Waals surface area contributed by atoms with Gasteiger partial charge in [0.1, 0.15) is 23.7 Å². The van der Waals surface area contributed by atoms with Crippen molar-refractivity contribution >= 4 is 28.3 Å². The molecule has 0 radical (unpaired) electrons. The molecule has 0 unspecified atom stereocenters. The van der Waals surface area contributed by atoms with E-state index in [1.54, 1.807) is 18.2 Å². The molecule has 2 heterocycles. The summed E-state index contributed by atoms with van der Waals surface area (Å²) in [6.07, 6.45) is 5.99. The number of aromatic hydroxyl groups is 1. The highest BCUT2D eigenvalue weighted by atomic mass is 16.3. The Morgan fingerprint density at radius 1 is 1.22 bits per heavy atom. The first-order chi connectivity index (χ1) is 13.0. The zero-order valence-electron chi connectivity index (χ0n) is 15.3. The van der Waals surface area contributed by atoms with Crippen molar-refractivity contribution in [1.29, 1.82) is 5.41 Å². The Hall–Kier alpha value is -3.09. The van der Waals surface area contributed by atoms with Gasteiger partial charge >= 0.3 is 0 Å². The van der Waals surface area contributed by atoms with Crippen LogP contribution in [0.3, 0.4) is 0 Å². The predicted octanol–water partition coefficient (Wildman–Crippen LogP) is 3.65. The molecule has 1 aliphatic rings. The lowest BCUT2D eigenvalue weighted by Gasteiger charge is -2.28. The Morgan fingerprint density at radius 3 is 2.78 bits per heavy atom. The van der Waals surface area contributed by atoms with Gasteiger partial charge in [-0.05, 0) is 55.9 Å². The summed E-state index contributed by atoms with van der Waals surface area (Å²) in [6, 6.07) is 7.23. The molecule has 0 saturated heterocycles. The van der Waals surface area contributed by atoms with Crippen LogP contribution in [0.1, 0.15) is 43.9 Å². The molecule has 7 nitrogen and oxygen atoms in total. The minimum atomic E-state index is 0.191. The first kappa shape index (κ1) is 17.3. The number of nitrogen functional groups attached to an aromatic ring is 1. The van der Waals surface area contributed by atoms with Crippen LogP contribution in [0.25, 0.3) is 10.9 Å². The van der Waals surface area contributed by atoms with Crippen molar-refractivity contribution in [2.75, 3.05) is 11.1 Å². The molecule has 1 saturated carbocycles. The summed E-state index contributed by atoms with van der Waals surface area (Å²) in [7, 11) is 0. The number of H-pyrrole nitrogens is 1. The molecule has 0 atom stereocenters. The normalized spacial score (nSPS) is 19.9. The summed E-state index contributed by atoms with van der Waals surface area (Å²) in [4.78, 5) is 11.7. The molecule has 7 heteroatoms. The molecule has 2 aromatic heterocycles. The van der Waals surface area contributed by atoms with Crippen molar-refractivity contribution in [2.45, 2.75) is 38.6 Å². The third-order valence-corrected chi connectivity index (χ3v) is 5.36. The average molecular weight is 364 g/mol. The largest absolute Gasteiger partial charge is 0.508 e. The second-order valence-electron chi connectivity index (χ2n) is 7.41. The van der Waals surface area contributed by atoms with Crippen molar-refractivity contribution in [2.24, 2.45) is 5.92 Å². The molecule has 0 spiro atoms. The van der Waals surface area contributed by atoms with Crippen molar-refractivity contribution in [3.8, 4) is 5.75 Å². The number of phenols is 1. The van der Waals surface area contributed by atoms with Crippen LogP contribution in [0.5, 0.6) is 5.75 Å². The molecule has 3 aromatic rings. The molecule has 0 aliphatic heterocycles. The Labute approximate surface area is 157 Å². The van der Waals surface area contributed by atoms with E-state index in [0.717, 1.165) is 29.7 Å². The van der Waals surface area contributed by atoms with E-state index >= 15 is 0 Å². The van der Waals surface area contributed by atoms with Gasteiger partial charge in [0.2, 0.25) is 0 Å². The topological polar surface area (TPSA) is 124 Å². The van der Waals surface area contributed by atoms with Gasteiger partial charge in [-0.2, -0.15) is 0 Å². The number of nitrogens with two attached hydrogens (primary N) is 1. The molecule has 1 aliphatic carbocycles. The Kier molecular flexibility index (Phi) is 4.43. The summed E-state index contributed by atoms with van der Waals surface area (Å²) >= 11 is 0. The number of nitrogens with zero attached hydrogens (tertiary/aromatic N) is 2. The van der Waals surface area contributed by atoms with Crippen LogP contribution in [0.2, 0.25) is 0 Å². The van der Waals surface area contributed by atoms with Crippen molar-refractivity contribution < 1.29 is 5.11 Å². The number of aromatic amines is 1. The van der Waals surface area contributed by atoms with E-state index in [1.165, 1.54) is 19.2 Å². The second kappa shape index (κ2) is 6.90. The van der Waals surface area contributed by atoms with E-state index in [9.17, 15) is 5.11 Å². The summed E-state index contributed by atoms with van der Waals surface area (Å²) in [5, 5.41) is 22.7. The van der Waals surface area contributed by atoms with Gasteiger partial charge in [0.05, 0.1) is 17.0 Å². The number of phenolic OH excluding ortho intramolecular Hbond substituents is 1. The van der Waals surface area contributed by atoms with E-state index in [0.29, 0.717) is 23.1 Å². The quantitative estimate of drug-likeness (QED) is 0.452. The van der Waals surface area contributed by atoms with Crippen LogP contribution in [-0.4, -0.2) is 31.8 Å². The smallest absolute Gasteiger partial charge is 0.141 e. The van der Waals surface area contributed by atoms with Gasteiger partial charge in [0.25, 0.3) is 0 Å². The third kappa shape index (κ3) is 3.45. The minimum absolute atomic E-state index is 0.191. The fourth-order valence-corrected chi connectivity index (χ4v) is 3.74. The first-order valence-corrected chi connectivity index (χ1v) is 9.29. The molecule has 6 N–H and O–H groups in total. The lowest BCUT2D eigenvalue weighted by Crippen LogP contribution is -2.27. The van der Waals surface area contributed by atoms with Gasteiger partial charge < -0.3 is 21.1 Å². The Balaban J connectivity index is 1.66. The zero-order chi connectivity index (χ0) is 19.0. The van der Waals surface area contributed by atoms with Crippen LogP contribution in [0, 0.1) is 11.3 Å². The minimum Gasteiger partial charge on any atom is -0.508 e. The van der Waals surface area contributed by atoms with Crippen molar-refractivity contribution in [1.82, 2.24) is 15.0 Å². The Bertz CT molecular complexity index is 987. The maximum Gasteiger partial charge on any atom is 0.141 e. The number of benzene rings is 1. The summed E-state index contributed by atoms with van der Waals surface area (Å²) < 4.78 is 0. The lowest BCUT2D eigenvalue weighted by atomic mass is 9.87. The molecule has 1 aromatic carbocycles. The van der Waals surface area contributed by atoms with E-state index in [2.05, 4.69) is 27.2 Å². The third-order valence-electron chi connectivity index (χ3n) is 5.36. The van der Waals surface area contributed by atoms with Crippen LogP contribution in [0.15, 0.2) is 30.6 Å². The zero-order valence-corrected chi connectivity index (χ0v) is 15.3. The van der Waals surface area contributed by atoms with Gasteiger partial charge in [0, 0.05) is 16.9 Å². The molecule has 1 fully saturated rings. The average Bonchev–Trinajstić information content (AvgIpc) is 3.06. The first-order valence-electron chi connectivity index (χ1n) is 9.29. The highest BCUT2D eigenvalue weighted by molar-refractivity contribution is 6.16. The molecule has 140 valence electrons. The van der Waals surface area contributed by atoms with Gasteiger partial charge in [0.15, 0.2) is 0 Å². The monoisotopic (exact) mass is 364 g/mol. The fourth-order valence-electron chi connectivity index (χ4n) is 3.74. The van der Waals surface area contributed by atoms with Crippen LogP contribution >= 0.6 is 0 Å². The maximum atomic E-state index is 9.67. The SMILES string of the molecule is CC1CCC(Nc2ncnc(N)c2C(=N)c2cc3cc(O)ccc3[nH]2)CC1. The van der Waals surface area contributed by atoms with Crippen LogP contribution in [-0.2, 0) is 0 Å². The number of rotatable bonds is 4. The van der Waals surface area contributed by atoms with E-state index in [4.69, 9.17) is 11.1 Å². The van der Waals surface area contributed by atoms with E-state index < -0.39 is 0 Å². The molecule has 27 heavy (non-hydrogen) atoms. The lowest BCUT2D eigenvalue weighted by molar-refractivity contribution is 0.361. The van der Waals surface area contributed by atoms with E-state index in [1.807, 2.05) is 6.07 Å². The standard InChI is InChI=1S/C20H24N6O/c1-11-2-4-13(5-3-11)25-20-17(19(22)23-10-24-20)18(21)16-9-12-8-14(27)6-7-15(12)26-16/h6-11,13,21,26-27H,2-5H2,1H3,(H3,22,23,24,25). The highest BCUT2D eigenvalue weighted by Crippen LogP contribution is 2.29. The molecular weight excluding hydrogens is 340 g/mol. The molecule has 4 rings (SSSR count). The predicted molar refractivity (Wildman–Crippen MR) is 107 cm³/mol. The number of nitrogens with one attached hydrogen (secondary N) is 3. The summed E-state index contributed by atoms with van der Waals surface area (Å²) in [5.74, 6) is 1.84. The number of fused-ring (bicyclic) bond motifs is 1. The highest BCUT2D eigenvalue weighted by Gasteiger charge is 2.23. The van der Waals surface area contributed by atoms with Gasteiger partial charge in [-0.1, -0.05) is 6.92 Å². The van der Waals surface area contributed by atoms with Gasteiger partial charge in [-0.15, -0.1) is 0 Å². The second-order valence-corrected chi connectivity index (χ2v) is 7.41. The number of anilines is 2. The Morgan fingerprint density at radius 2 is 2.00 bits per heavy atom. The number of hydrogen-bond acceptors (Lipinski definition) is 6.